The lowest BCUT2D eigenvalue weighted by Crippen LogP contribution is -2.41. The number of carbonyl (C=O) groups excluding carboxylic acids is 1. The van der Waals surface area contributed by atoms with Crippen molar-refractivity contribution in [2.75, 3.05) is 7.05 Å². The maximum atomic E-state index is 13.6. The summed E-state index contributed by atoms with van der Waals surface area (Å²) in [6.45, 7) is 5.90. The standard InChI is InChI=1S/C21H20FN3O/c1-4-7-14(2)21(19(26)25(3)20(23)24-21)17-10-5-8-15(12-17)16-9-6-11-18(22)13-16/h4-13H,2H2,1,3H3,(H2,23,24)/b7-4-. The van der Waals surface area contributed by atoms with Gasteiger partial charge in [0.15, 0.2) is 11.5 Å². The van der Waals surface area contributed by atoms with E-state index < -0.39 is 5.54 Å². The monoisotopic (exact) mass is 349 g/mol. The molecule has 132 valence electrons. The van der Waals surface area contributed by atoms with Gasteiger partial charge >= 0.3 is 0 Å². The van der Waals surface area contributed by atoms with E-state index in [1.54, 1.807) is 25.3 Å². The molecule has 0 saturated heterocycles. The summed E-state index contributed by atoms with van der Waals surface area (Å²) in [6, 6.07) is 13.6. The first kappa shape index (κ1) is 17.6. The molecule has 0 aliphatic carbocycles. The number of benzene rings is 2. The first-order valence-corrected chi connectivity index (χ1v) is 8.22. The summed E-state index contributed by atoms with van der Waals surface area (Å²) in [7, 11) is 1.59. The lowest BCUT2D eigenvalue weighted by Gasteiger charge is -2.26. The molecule has 1 unspecified atom stereocenters. The second kappa shape index (κ2) is 6.59. The zero-order valence-corrected chi connectivity index (χ0v) is 14.7. The maximum Gasteiger partial charge on any atom is 0.266 e. The number of nitrogens with zero attached hydrogens (tertiary/aromatic N) is 2. The molecular formula is C21H20FN3O. The van der Waals surface area contributed by atoms with E-state index in [0.29, 0.717) is 11.1 Å². The van der Waals surface area contributed by atoms with Gasteiger partial charge in [0.2, 0.25) is 0 Å². The van der Waals surface area contributed by atoms with Gasteiger partial charge in [-0.2, -0.15) is 0 Å². The summed E-state index contributed by atoms with van der Waals surface area (Å²) in [5.41, 5.74) is 7.27. The lowest BCUT2D eigenvalue weighted by molar-refractivity contribution is -0.129. The molecule has 0 fully saturated rings. The predicted octanol–water partition coefficient (Wildman–Crippen LogP) is 3.61. The molecule has 2 aromatic rings. The van der Waals surface area contributed by atoms with E-state index in [1.165, 1.54) is 17.0 Å². The number of amides is 1. The Bertz CT molecular complexity index is 948. The van der Waals surface area contributed by atoms with Gasteiger partial charge in [-0.25, -0.2) is 9.38 Å². The SMILES string of the molecule is C=C(/C=C\C)C1(c2cccc(-c3cccc(F)c3)c2)N=C(N)N(C)C1=O. The predicted molar refractivity (Wildman–Crippen MR) is 102 cm³/mol. The number of aliphatic imine (C=N–C) groups is 1. The Kier molecular flexibility index (Phi) is 4.47. The smallest absolute Gasteiger partial charge is 0.266 e. The fourth-order valence-corrected chi connectivity index (χ4v) is 3.14. The fraction of sp³-hybridized carbons (Fsp3) is 0.143. The summed E-state index contributed by atoms with van der Waals surface area (Å²) in [5, 5.41) is 0. The molecule has 4 nitrogen and oxygen atoms in total. The first-order chi connectivity index (χ1) is 12.4. The van der Waals surface area contributed by atoms with Crippen LogP contribution < -0.4 is 5.73 Å². The van der Waals surface area contributed by atoms with Crippen LogP contribution in [-0.4, -0.2) is 23.8 Å². The third kappa shape index (κ3) is 2.71. The second-order valence-electron chi connectivity index (χ2n) is 6.16. The second-order valence-corrected chi connectivity index (χ2v) is 6.16. The minimum absolute atomic E-state index is 0.136. The molecule has 1 amide bonds. The van der Waals surface area contributed by atoms with Crippen LogP contribution in [0.4, 0.5) is 4.39 Å². The van der Waals surface area contributed by atoms with Crippen molar-refractivity contribution in [1.82, 2.24) is 4.90 Å². The quantitative estimate of drug-likeness (QED) is 0.857. The van der Waals surface area contributed by atoms with Crippen molar-refractivity contribution in [3.63, 3.8) is 0 Å². The lowest BCUT2D eigenvalue weighted by atomic mass is 9.82. The van der Waals surface area contributed by atoms with Gasteiger partial charge in [-0.1, -0.05) is 49.1 Å². The Hall–Kier alpha value is -3.21. The zero-order valence-electron chi connectivity index (χ0n) is 14.7. The van der Waals surface area contributed by atoms with Crippen molar-refractivity contribution in [2.24, 2.45) is 10.7 Å². The maximum absolute atomic E-state index is 13.6. The molecule has 2 N–H and O–H groups in total. The van der Waals surface area contributed by atoms with Crippen molar-refractivity contribution in [3.05, 3.63) is 84.2 Å². The van der Waals surface area contributed by atoms with Crippen molar-refractivity contribution in [2.45, 2.75) is 12.5 Å². The van der Waals surface area contributed by atoms with Crippen LogP contribution in [0, 0.1) is 5.82 Å². The summed E-state index contributed by atoms with van der Waals surface area (Å²) >= 11 is 0. The molecule has 3 rings (SSSR count). The molecular weight excluding hydrogens is 329 g/mol. The van der Waals surface area contributed by atoms with Crippen LogP contribution in [-0.2, 0) is 10.3 Å². The highest BCUT2D eigenvalue weighted by atomic mass is 19.1. The van der Waals surface area contributed by atoms with Crippen LogP contribution in [0.5, 0.6) is 0 Å². The number of rotatable bonds is 4. The molecule has 2 aromatic carbocycles. The van der Waals surface area contributed by atoms with Crippen LogP contribution in [0.25, 0.3) is 11.1 Å². The number of allylic oxidation sites excluding steroid dienone is 1. The fourth-order valence-electron chi connectivity index (χ4n) is 3.14. The number of hydrogen-bond acceptors (Lipinski definition) is 3. The Morgan fingerprint density at radius 3 is 2.46 bits per heavy atom. The Morgan fingerprint density at radius 1 is 1.23 bits per heavy atom. The van der Waals surface area contributed by atoms with Crippen LogP contribution in [0.15, 0.2) is 77.8 Å². The number of nitrogens with two attached hydrogens (primary N) is 1. The molecule has 1 aliphatic rings. The van der Waals surface area contributed by atoms with Gasteiger partial charge in [0.1, 0.15) is 5.82 Å². The molecule has 0 radical (unpaired) electrons. The normalized spacial score (nSPS) is 19.9. The van der Waals surface area contributed by atoms with Crippen molar-refractivity contribution in [3.8, 4) is 11.1 Å². The van der Waals surface area contributed by atoms with Crippen LogP contribution >= 0.6 is 0 Å². The number of hydrogen-bond donors (Lipinski definition) is 1. The molecule has 0 saturated carbocycles. The van der Waals surface area contributed by atoms with Gasteiger partial charge in [-0.15, -0.1) is 0 Å². The van der Waals surface area contributed by atoms with E-state index in [9.17, 15) is 9.18 Å². The largest absolute Gasteiger partial charge is 0.369 e. The van der Waals surface area contributed by atoms with Gasteiger partial charge in [0.05, 0.1) is 0 Å². The van der Waals surface area contributed by atoms with Crippen LogP contribution in [0.1, 0.15) is 12.5 Å². The van der Waals surface area contributed by atoms with Crippen molar-refractivity contribution < 1.29 is 9.18 Å². The Balaban J connectivity index is 2.20. The Labute approximate surface area is 152 Å². The summed E-state index contributed by atoms with van der Waals surface area (Å²) in [6.07, 6.45) is 3.56. The topological polar surface area (TPSA) is 58.7 Å². The van der Waals surface area contributed by atoms with Crippen LogP contribution in [0.2, 0.25) is 0 Å². The van der Waals surface area contributed by atoms with Gasteiger partial charge in [0, 0.05) is 7.05 Å². The van der Waals surface area contributed by atoms with Gasteiger partial charge < -0.3 is 5.73 Å². The third-order valence-electron chi connectivity index (χ3n) is 4.51. The van der Waals surface area contributed by atoms with E-state index >= 15 is 0 Å². The summed E-state index contributed by atoms with van der Waals surface area (Å²) < 4.78 is 13.6. The van der Waals surface area contributed by atoms with Gasteiger partial charge in [0.25, 0.3) is 5.91 Å². The van der Waals surface area contributed by atoms with Gasteiger partial charge in [-0.05, 0) is 47.4 Å². The number of carbonyl (C=O) groups is 1. The molecule has 0 spiro atoms. The average molecular weight is 349 g/mol. The molecule has 0 aromatic heterocycles. The molecule has 1 atom stereocenters. The summed E-state index contributed by atoms with van der Waals surface area (Å²) in [5.74, 6) is -0.453. The van der Waals surface area contributed by atoms with E-state index in [2.05, 4.69) is 11.6 Å². The van der Waals surface area contributed by atoms with E-state index in [1.807, 2.05) is 37.3 Å². The van der Waals surface area contributed by atoms with Gasteiger partial charge in [-0.3, -0.25) is 9.69 Å². The number of likely N-dealkylation sites (N-methyl/N-ethyl adjacent to an activating group) is 1. The highest BCUT2D eigenvalue weighted by Gasteiger charge is 2.49. The van der Waals surface area contributed by atoms with E-state index in [-0.39, 0.29) is 17.7 Å². The first-order valence-electron chi connectivity index (χ1n) is 8.22. The van der Waals surface area contributed by atoms with Crippen molar-refractivity contribution >= 4 is 11.9 Å². The molecule has 26 heavy (non-hydrogen) atoms. The Morgan fingerprint density at radius 2 is 1.88 bits per heavy atom. The molecule has 0 bridgehead atoms. The average Bonchev–Trinajstić information content (AvgIpc) is 2.87. The summed E-state index contributed by atoms with van der Waals surface area (Å²) in [4.78, 5) is 18.8. The highest BCUT2D eigenvalue weighted by molar-refractivity contribution is 6.09. The highest BCUT2D eigenvalue weighted by Crippen LogP contribution is 2.40. The molecule has 1 heterocycles. The molecule has 5 heteroatoms. The number of halogens is 1. The molecule has 1 aliphatic heterocycles. The third-order valence-corrected chi connectivity index (χ3v) is 4.51. The van der Waals surface area contributed by atoms with Crippen molar-refractivity contribution in [1.29, 1.82) is 0 Å². The number of guanidine groups is 1. The van der Waals surface area contributed by atoms with Crippen LogP contribution in [0.3, 0.4) is 0 Å². The van der Waals surface area contributed by atoms with E-state index in [0.717, 1.165) is 11.1 Å². The van der Waals surface area contributed by atoms with E-state index in [4.69, 9.17) is 5.73 Å². The zero-order chi connectivity index (χ0) is 18.9. The minimum Gasteiger partial charge on any atom is -0.369 e. The minimum atomic E-state index is -1.31.